The van der Waals surface area contributed by atoms with Gasteiger partial charge in [0.15, 0.2) is 0 Å². The van der Waals surface area contributed by atoms with E-state index in [9.17, 15) is 0 Å². The van der Waals surface area contributed by atoms with Crippen LogP contribution in [-0.2, 0) is 13.1 Å². The van der Waals surface area contributed by atoms with Crippen molar-refractivity contribution in [1.82, 2.24) is 4.90 Å². The van der Waals surface area contributed by atoms with Crippen molar-refractivity contribution in [3.8, 4) is 6.07 Å². The number of rotatable bonds is 1. The minimum Gasteiger partial charge on any atom is -0.292 e. The molecule has 1 aromatic rings. The van der Waals surface area contributed by atoms with E-state index in [1.807, 2.05) is 12.1 Å². The van der Waals surface area contributed by atoms with Gasteiger partial charge in [-0.05, 0) is 37.1 Å². The summed E-state index contributed by atoms with van der Waals surface area (Å²) in [4.78, 5) is 2.41. The van der Waals surface area contributed by atoms with Crippen LogP contribution in [0.15, 0.2) is 18.2 Å². The summed E-state index contributed by atoms with van der Waals surface area (Å²) in [6, 6.07) is 8.76. The second kappa shape index (κ2) is 3.43. The third-order valence-corrected chi connectivity index (χ3v) is 2.81. The topological polar surface area (TPSA) is 27.0 Å². The summed E-state index contributed by atoms with van der Waals surface area (Å²) in [6.45, 7) is 6.43. The van der Waals surface area contributed by atoms with Gasteiger partial charge in [0.25, 0.3) is 0 Å². The van der Waals surface area contributed by atoms with E-state index < -0.39 is 0 Å². The van der Waals surface area contributed by atoms with Crippen molar-refractivity contribution in [3.63, 3.8) is 0 Å². The summed E-state index contributed by atoms with van der Waals surface area (Å²) < 4.78 is 0. The lowest BCUT2D eigenvalue weighted by atomic mass is 10.1. The van der Waals surface area contributed by atoms with Crippen LogP contribution < -0.4 is 0 Å². The zero-order valence-electron chi connectivity index (χ0n) is 8.62. The molecule has 0 aromatic heterocycles. The van der Waals surface area contributed by atoms with Crippen LogP contribution in [0.3, 0.4) is 0 Å². The van der Waals surface area contributed by atoms with E-state index in [-0.39, 0.29) is 0 Å². The smallest absolute Gasteiger partial charge is 0.0991 e. The molecule has 0 amide bonds. The van der Waals surface area contributed by atoms with Crippen molar-refractivity contribution in [2.24, 2.45) is 0 Å². The van der Waals surface area contributed by atoms with Crippen LogP contribution in [0, 0.1) is 11.3 Å². The standard InChI is InChI=1S/C12H14N2/c1-9(2)14-7-11-4-3-10(6-13)5-12(11)8-14/h3-5,9H,7-8H2,1-2H3. The van der Waals surface area contributed by atoms with E-state index in [4.69, 9.17) is 5.26 Å². The van der Waals surface area contributed by atoms with E-state index in [1.165, 1.54) is 11.1 Å². The van der Waals surface area contributed by atoms with Crippen molar-refractivity contribution in [2.45, 2.75) is 33.0 Å². The monoisotopic (exact) mass is 186 g/mol. The molecule has 1 aliphatic heterocycles. The number of hydrogen-bond acceptors (Lipinski definition) is 2. The lowest BCUT2D eigenvalue weighted by molar-refractivity contribution is 0.227. The van der Waals surface area contributed by atoms with Gasteiger partial charge in [0, 0.05) is 19.1 Å². The Morgan fingerprint density at radius 2 is 2.00 bits per heavy atom. The van der Waals surface area contributed by atoms with E-state index in [1.54, 1.807) is 0 Å². The van der Waals surface area contributed by atoms with Crippen molar-refractivity contribution in [1.29, 1.82) is 5.26 Å². The van der Waals surface area contributed by atoms with Crippen LogP contribution in [0.1, 0.15) is 30.5 Å². The second-order valence-corrected chi connectivity index (χ2v) is 4.09. The number of nitrogens with zero attached hydrogens (tertiary/aromatic N) is 2. The highest BCUT2D eigenvalue weighted by atomic mass is 15.2. The Kier molecular flexibility index (Phi) is 2.26. The lowest BCUT2D eigenvalue weighted by Crippen LogP contribution is -2.24. The Hall–Kier alpha value is -1.33. The number of fused-ring (bicyclic) bond motifs is 1. The summed E-state index contributed by atoms with van der Waals surface area (Å²) >= 11 is 0. The molecule has 0 N–H and O–H groups in total. The van der Waals surface area contributed by atoms with Gasteiger partial charge in [-0.1, -0.05) is 6.07 Å². The van der Waals surface area contributed by atoms with Gasteiger partial charge >= 0.3 is 0 Å². The summed E-state index contributed by atoms with van der Waals surface area (Å²) in [5, 5.41) is 8.78. The zero-order chi connectivity index (χ0) is 10.1. The van der Waals surface area contributed by atoms with Crippen LogP contribution in [0.2, 0.25) is 0 Å². The first-order valence-electron chi connectivity index (χ1n) is 4.96. The van der Waals surface area contributed by atoms with Gasteiger partial charge in [-0.3, -0.25) is 4.90 Å². The molecule has 0 aliphatic carbocycles. The van der Waals surface area contributed by atoms with Crippen LogP contribution in [0.5, 0.6) is 0 Å². The molecule has 0 saturated carbocycles. The molecule has 0 spiro atoms. The molecule has 0 radical (unpaired) electrons. The zero-order valence-corrected chi connectivity index (χ0v) is 8.62. The highest BCUT2D eigenvalue weighted by molar-refractivity contribution is 5.40. The first kappa shape index (κ1) is 9.23. The van der Waals surface area contributed by atoms with Gasteiger partial charge in [-0.15, -0.1) is 0 Å². The molecule has 0 atom stereocenters. The third-order valence-electron chi connectivity index (χ3n) is 2.81. The van der Waals surface area contributed by atoms with E-state index in [2.05, 4.69) is 30.9 Å². The van der Waals surface area contributed by atoms with E-state index in [0.717, 1.165) is 18.7 Å². The molecule has 2 heteroatoms. The Morgan fingerprint density at radius 1 is 1.29 bits per heavy atom. The summed E-state index contributed by atoms with van der Waals surface area (Å²) in [5.74, 6) is 0. The average Bonchev–Trinajstić information content (AvgIpc) is 2.59. The first-order valence-corrected chi connectivity index (χ1v) is 4.96. The molecule has 0 bridgehead atoms. The van der Waals surface area contributed by atoms with Crippen LogP contribution in [0.4, 0.5) is 0 Å². The summed E-state index contributed by atoms with van der Waals surface area (Å²) in [6.07, 6.45) is 0. The van der Waals surface area contributed by atoms with E-state index in [0.29, 0.717) is 6.04 Å². The molecule has 0 fully saturated rings. The molecular formula is C12H14N2. The molecule has 72 valence electrons. The Labute approximate surface area is 84.8 Å². The molecular weight excluding hydrogens is 172 g/mol. The number of benzene rings is 1. The Bertz CT molecular complexity index is 388. The molecule has 1 aromatic carbocycles. The van der Waals surface area contributed by atoms with Crippen LogP contribution in [-0.4, -0.2) is 10.9 Å². The fourth-order valence-electron chi connectivity index (χ4n) is 1.86. The molecule has 0 saturated heterocycles. The van der Waals surface area contributed by atoms with Crippen molar-refractivity contribution >= 4 is 0 Å². The largest absolute Gasteiger partial charge is 0.292 e. The van der Waals surface area contributed by atoms with Crippen molar-refractivity contribution < 1.29 is 0 Å². The molecule has 2 rings (SSSR count). The average molecular weight is 186 g/mol. The van der Waals surface area contributed by atoms with E-state index >= 15 is 0 Å². The molecule has 0 unspecified atom stereocenters. The van der Waals surface area contributed by atoms with Crippen LogP contribution in [0.25, 0.3) is 0 Å². The van der Waals surface area contributed by atoms with Gasteiger partial charge in [-0.2, -0.15) is 5.26 Å². The minimum atomic E-state index is 0.577. The predicted molar refractivity (Wildman–Crippen MR) is 55.5 cm³/mol. The quantitative estimate of drug-likeness (QED) is 0.672. The van der Waals surface area contributed by atoms with Gasteiger partial charge in [0.2, 0.25) is 0 Å². The summed E-state index contributed by atoms with van der Waals surface area (Å²) in [5.41, 5.74) is 3.46. The molecule has 1 aliphatic rings. The number of hydrogen-bond donors (Lipinski definition) is 0. The maximum absolute atomic E-state index is 8.78. The maximum atomic E-state index is 8.78. The first-order chi connectivity index (χ1) is 6.70. The SMILES string of the molecule is CC(C)N1Cc2ccc(C#N)cc2C1. The fourth-order valence-corrected chi connectivity index (χ4v) is 1.86. The highest BCUT2D eigenvalue weighted by Crippen LogP contribution is 2.25. The Morgan fingerprint density at radius 3 is 2.64 bits per heavy atom. The van der Waals surface area contributed by atoms with Gasteiger partial charge in [0.1, 0.15) is 0 Å². The van der Waals surface area contributed by atoms with Gasteiger partial charge in [-0.25, -0.2) is 0 Å². The molecule has 2 nitrogen and oxygen atoms in total. The van der Waals surface area contributed by atoms with Gasteiger partial charge < -0.3 is 0 Å². The minimum absolute atomic E-state index is 0.577. The van der Waals surface area contributed by atoms with Gasteiger partial charge in [0.05, 0.1) is 11.6 Å². The predicted octanol–water partition coefficient (Wildman–Crippen LogP) is 2.28. The third kappa shape index (κ3) is 1.51. The fraction of sp³-hybridized carbons (Fsp3) is 0.417. The van der Waals surface area contributed by atoms with Crippen LogP contribution >= 0.6 is 0 Å². The van der Waals surface area contributed by atoms with Crippen molar-refractivity contribution in [3.05, 3.63) is 34.9 Å². The number of nitriles is 1. The van der Waals surface area contributed by atoms with Crippen molar-refractivity contribution in [2.75, 3.05) is 0 Å². The second-order valence-electron chi connectivity index (χ2n) is 4.09. The molecule has 14 heavy (non-hydrogen) atoms. The normalized spacial score (nSPS) is 15.6. The Balaban J connectivity index is 2.28. The lowest BCUT2D eigenvalue weighted by Gasteiger charge is -2.18. The highest BCUT2D eigenvalue weighted by Gasteiger charge is 2.20. The maximum Gasteiger partial charge on any atom is 0.0991 e. The molecule has 1 heterocycles. The summed E-state index contributed by atoms with van der Waals surface area (Å²) in [7, 11) is 0.